The Kier molecular flexibility index (Phi) is 40.1. The minimum absolute atomic E-state index is 0.0542. The summed E-state index contributed by atoms with van der Waals surface area (Å²) in [6.07, 6.45) is 50.1. The molecule has 0 saturated carbocycles. The maximum Gasteiger partial charge on any atom is 0.362 e. The second-order valence-corrected chi connectivity index (χ2v) is 17.3. The molecule has 0 bridgehead atoms. The Morgan fingerprint density at radius 1 is 0.525 bits per heavy atom. The molecule has 8 nitrogen and oxygen atoms in total. The first-order chi connectivity index (χ1) is 28.6. The van der Waals surface area contributed by atoms with Gasteiger partial charge in [0.15, 0.2) is 12.1 Å². The highest BCUT2D eigenvalue weighted by Crippen LogP contribution is 2.14. The number of quaternary nitrogens is 1. The number of unbranched alkanes of at least 4 members (excludes halogenated alkanes) is 21. The van der Waals surface area contributed by atoms with Crippen LogP contribution in [0, 0.1) is 0 Å². The molecule has 0 fully saturated rings. The molecule has 342 valence electrons. The van der Waals surface area contributed by atoms with Crippen LogP contribution in [-0.2, 0) is 28.6 Å². The fourth-order valence-corrected chi connectivity index (χ4v) is 6.98. The predicted octanol–water partition coefficient (Wildman–Crippen LogP) is 13.6. The first-order valence-electron chi connectivity index (χ1n) is 24.2. The third kappa shape index (κ3) is 40.5. The quantitative estimate of drug-likeness (QED) is 0.0283. The highest BCUT2D eigenvalue weighted by Gasteiger charge is 2.31. The standard InChI is InChI=1S/C51H91NO7/c1-6-8-10-12-14-16-18-20-22-24-25-26-28-29-31-33-35-37-39-41-49(53)58-46-47(45-57-44-43-48(51(55)56)52(3,4)5)59-50(54)42-40-38-36-34-32-30-27-23-21-19-17-15-13-11-9-7-2/h9,11,15,17,21,23-25,47-48H,6-8,10,12-14,16,18-20,22,26-46H2,1-5H3/p+1/b11-9+,17-15+,23-21+,25-24+. The van der Waals surface area contributed by atoms with E-state index >= 15 is 0 Å². The number of allylic oxidation sites excluding steroid dienone is 8. The molecule has 0 aliphatic carbocycles. The molecule has 0 aliphatic heterocycles. The van der Waals surface area contributed by atoms with Gasteiger partial charge < -0.3 is 23.8 Å². The molecule has 2 atom stereocenters. The van der Waals surface area contributed by atoms with E-state index in [-0.39, 0.29) is 36.2 Å². The van der Waals surface area contributed by atoms with Gasteiger partial charge in [0, 0.05) is 19.3 Å². The van der Waals surface area contributed by atoms with E-state index in [0.717, 1.165) is 70.6 Å². The van der Waals surface area contributed by atoms with Crippen molar-refractivity contribution in [2.75, 3.05) is 41.0 Å². The van der Waals surface area contributed by atoms with Crippen LogP contribution in [0.15, 0.2) is 48.6 Å². The van der Waals surface area contributed by atoms with Crippen molar-refractivity contribution in [1.29, 1.82) is 0 Å². The number of carbonyl (C=O) groups excluding carboxylic acids is 2. The monoisotopic (exact) mass is 831 g/mol. The highest BCUT2D eigenvalue weighted by molar-refractivity contribution is 5.72. The number of likely N-dealkylation sites (N-methyl/N-ethyl adjacent to an activating group) is 1. The van der Waals surface area contributed by atoms with E-state index in [1.54, 1.807) is 0 Å². The summed E-state index contributed by atoms with van der Waals surface area (Å²) >= 11 is 0. The Balaban J connectivity index is 4.30. The van der Waals surface area contributed by atoms with Gasteiger partial charge in [-0.05, 0) is 70.6 Å². The molecule has 1 N–H and O–H groups in total. The number of carbonyl (C=O) groups is 3. The van der Waals surface area contributed by atoms with E-state index in [2.05, 4.69) is 62.5 Å². The Morgan fingerprint density at radius 2 is 0.949 bits per heavy atom. The lowest BCUT2D eigenvalue weighted by atomic mass is 10.1. The number of esters is 2. The lowest BCUT2D eigenvalue weighted by Gasteiger charge is -2.31. The Labute approximate surface area is 363 Å². The first kappa shape index (κ1) is 56.3. The Morgan fingerprint density at radius 3 is 1.42 bits per heavy atom. The minimum Gasteiger partial charge on any atom is -0.477 e. The van der Waals surface area contributed by atoms with Gasteiger partial charge in [0.1, 0.15) is 6.61 Å². The van der Waals surface area contributed by atoms with Crippen molar-refractivity contribution in [2.24, 2.45) is 0 Å². The van der Waals surface area contributed by atoms with E-state index in [9.17, 15) is 19.5 Å². The number of carboxylic acid groups (broad SMARTS) is 1. The second-order valence-electron chi connectivity index (χ2n) is 17.3. The summed E-state index contributed by atoms with van der Waals surface area (Å²) in [5.41, 5.74) is 0. The lowest BCUT2D eigenvalue weighted by molar-refractivity contribution is -0.887. The van der Waals surface area contributed by atoms with Crippen LogP contribution in [0.25, 0.3) is 0 Å². The molecule has 2 unspecified atom stereocenters. The Bertz CT molecular complexity index is 1110. The van der Waals surface area contributed by atoms with Gasteiger partial charge in [-0.15, -0.1) is 0 Å². The summed E-state index contributed by atoms with van der Waals surface area (Å²) in [5.74, 6) is -1.49. The number of ether oxygens (including phenoxy) is 3. The summed E-state index contributed by atoms with van der Waals surface area (Å²) in [6.45, 7) is 4.62. The normalized spacial score (nSPS) is 13.3. The fourth-order valence-electron chi connectivity index (χ4n) is 6.98. The smallest absolute Gasteiger partial charge is 0.362 e. The largest absolute Gasteiger partial charge is 0.477 e. The van der Waals surface area contributed by atoms with E-state index in [1.165, 1.54) is 103 Å². The second kappa shape index (κ2) is 42.0. The van der Waals surface area contributed by atoms with Crippen molar-refractivity contribution in [3.63, 3.8) is 0 Å². The van der Waals surface area contributed by atoms with Gasteiger partial charge in [-0.2, -0.15) is 0 Å². The number of hydrogen-bond donors (Lipinski definition) is 1. The van der Waals surface area contributed by atoms with Crippen LogP contribution in [0.1, 0.15) is 206 Å². The molecule has 8 heteroatoms. The molecule has 0 rings (SSSR count). The summed E-state index contributed by atoms with van der Waals surface area (Å²) in [7, 11) is 5.52. The van der Waals surface area contributed by atoms with Gasteiger partial charge in [0.2, 0.25) is 0 Å². The SMILES string of the molecule is CC/C=C/C/C=C/C/C=C/CCCCCCCCC(=O)OC(COCCC(C(=O)O)[N+](C)(C)C)COC(=O)CCCCCCCCC/C=C/CCCCCCCCCC. The van der Waals surface area contributed by atoms with Crippen molar-refractivity contribution < 1.29 is 38.2 Å². The topological polar surface area (TPSA) is 99.1 Å². The van der Waals surface area contributed by atoms with Crippen molar-refractivity contribution >= 4 is 17.9 Å². The van der Waals surface area contributed by atoms with E-state index in [0.29, 0.717) is 19.3 Å². The van der Waals surface area contributed by atoms with Crippen molar-refractivity contribution in [2.45, 2.75) is 219 Å². The third-order valence-electron chi connectivity index (χ3n) is 10.7. The number of hydrogen-bond acceptors (Lipinski definition) is 6. The summed E-state index contributed by atoms with van der Waals surface area (Å²) in [5, 5.41) is 9.64. The van der Waals surface area contributed by atoms with Gasteiger partial charge in [0.05, 0.1) is 34.4 Å². The molecule has 0 amide bonds. The number of rotatable bonds is 43. The van der Waals surface area contributed by atoms with Gasteiger partial charge in [-0.1, -0.05) is 165 Å². The number of aliphatic carboxylic acids is 1. The van der Waals surface area contributed by atoms with Crippen LogP contribution in [-0.4, -0.2) is 80.6 Å². The average Bonchev–Trinajstić information content (AvgIpc) is 3.19. The predicted molar refractivity (Wildman–Crippen MR) is 248 cm³/mol. The molecule has 0 spiro atoms. The van der Waals surface area contributed by atoms with Gasteiger partial charge in [-0.3, -0.25) is 9.59 Å². The molecule has 59 heavy (non-hydrogen) atoms. The van der Waals surface area contributed by atoms with Crippen LogP contribution in [0.3, 0.4) is 0 Å². The molecular weight excluding hydrogens is 739 g/mol. The highest BCUT2D eigenvalue weighted by atomic mass is 16.6. The summed E-state index contributed by atoms with van der Waals surface area (Å²) < 4.78 is 17.3. The molecule has 0 aromatic carbocycles. The van der Waals surface area contributed by atoms with E-state index in [1.807, 2.05) is 21.1 Å². The van der Waals surface area contributed by atoms with Crippen molar-refractivity contribution in [3.8, 4) is 0 Å². The Hall–Kier alpha value is -2.71. The zero-order valence-corrected chi connectivity index (χ0v) is 39.0. The van der Waals surface area contributed by atoms with Crippen LogP contribution in [0.2, 0.25) is 0 Å². The average molecular weight is 831 g/mol. The maximum absolute atomic E-state index is 12.8. The van der Waals surface area contributed by atoms with Gasteiger partial charge >= 0.3 is 17.9 Å². The first-order valence-corrected chi connectivity index (χ1v) is 24.2. The van der Waals surface area contributed by atoms with Crippen molar-refractivity contribution in [3.05, 3.63) is 48.6 Å². The van der Waals surface area contributed by atoms with Gasteiger partial charge in [0.25, 0.3) is 0 Å². The van der Waals surface area contributed by atoms with Gasteiger partial charge in [-0.25, -0.2) is 4.79 Å². The molecule has 0 heterocycles. The molecule has 0 aromatic heterocycles. The minimum atomic E-state index is -0.878. The third-order valence-corrected chi connectivity index (χ3v) is 10.7. The number of nitrogens with zero attached hydrogens (tertiary/aromatic N) is 1. The zero-order valence-electron chi connectivity index (χ0n) is 39.0. The lowest BCUT2D eigenvalue weighted by Crippen LogP contribution is -2.50. The summed E-state index contributed by atoms with van der Waals surface area (Å²) in [4.78, 5) is 37.1. The number of carboxylic acids is 1. The fraction of sp³-hybridized carbons (Fsp3) is 0.784. The zero-order chi connectivity index (χ0) is 43.5. The van der Waals surface area contributed by atoms with Crippen LogP contribution in [0.4, 0.5) is 0 Å². The van der Waals surface area contributed by atoms with E-state index in [4.69, 9.17) is 14.2 Å². The van der Waals surface area contributed by atoms with Crippen LogP contribution < -0.4 is 0 Å². The molecule has 0 saturated heterocycles. The molecule has 0 aromatic rings. The molecular formula is C51H92NO7+. The van der Waals surface area contributed by atoms with Crippen LogP contribution in [0.5, 0.6) is 0 Å². The summed E-state index contributed by atoms with van der Waals surface area (Å²) in [6, 6.07) is -0.618. The molecule has 0 aliphatic rings. The molecule has 0 radical (unpaired) electrons. The maximum atomic E-state index is 12.8. The van der Waals surface area contributed by atoms with Crippen LogP contribution >= 0.6 is 0 Å². The van der Waals surface area contributed by atoms with E-state index < -0.39 is 18.1 Å². The van der Waals surface area contributed by atoms with Crippen molar-refractivity contribution in [1.82, 2.24) is 0 Å².